The predicted molar refractivity (Wildman–Crippen MR) is 66.5 cm³/mol. The van der Waals surface area contributed by atoms with E-state index in [1.54, 1.807) is 6.26 Å². The molecule has 0 saturated heterocycles. The van der Waals surface area contributed by atoms with Crippen LogP contribution in [-0.2, 0) is 15.6 Å². The summed E-state index contributed by atoms with van der Waals surface area (Å²) in [6, 6.07) is 0. The Labute approximate surface area is 99.8 Å². The first-order valence-electron chi connectivity index (χ1n) is 5.85. The van der Waals surface area contributed by atoms with Crippen LogP contribution < -0.4 is 11.1 Å². The summed E-state index contributed by atoms with van der Waals surface area (Å²) in [4.78, 5) is 11.6. The summed E-state index contributed by atoms with van der Waals surface area (Å²) < 4.78 is 10.8. The van der Waals surface area contributed by atoms with Gasteiger partial charge in [0.2, 0.25) is 5.91 Å². The maximum atomic E-state index is 11.6. The smallest absolute Gasteiger partial charge is 0.220 e. The fourth-order valence-corrected chi connectivity index (χ4v) is 2.59. The second-order valence-electron chi connectivity index (χ2n) is 4.72. The van der Waals surface area contributed by atoms with Gasteiger partial charge >= 0.3 is 0 Å². The van der Waals surface area contributed by atoms with E-state index in [1.165, 1.54) is 6.42 Å². The molecule has 1 amide bonds. The topological polar surface area (TPSA) is 72.2 Å². The minimum Gasteiger partial charge on any atom is -0.356 e. The number of carbonyl (C=O) groups excluding carboxylic acids is 1. The van der Waals surface area contributed by atoms with Gasteiger partial charge in [0.15, 0.2) is 0 Å². The lowest BCUT2D eigenvalue weighted by atomic mass is 9.66. The number of hydrogen-bond donors (Lipinski definition) is 2. The second-order valence-corrected chi connectivity index (χ2v) is 6.27. The van der Waals surface area contributed by atoms with E-state index in [2.05, 4.69) is 5.32 Å². The van der Waals surface area contributed by atoms with Crippen LogP contribution in [0.2, 0.25) is 0 Å². The zero-order chi connectivity index (χ0) is 12.0. The van der Waals surface area contributed by atoms with E-state index in [9.17, 15) is 9.00 Å². The van der Waals surface area contributed by atoms with Gasteiger partial charge in [-0.05, 0) is 31.2 Å². The third-order valence-electron chi connectivity index (χ3n) is 3.31. The van der Waals surface area contributed by atoms with E-state index in [4.69, 9.17) is 5.73 Å². The number of hydrogen-bond acceptors (Lipinski definition) is 3. The second kappa shape index (κ2) is 6.35. The van der Waals surface area contributed by atoms with E-state index in [0.29, 0.717) is 25.3 Å². The lowest BCUT2D eigenvalue weighted by Gasteiger charge is -2.40. The van der Waals surface area contributed by atoms with E-state index in [0.717, 1.165) is 19.3 Å². The van der Waals surface area contributed by atoms with Gasteiger partial charge in [0.1, 0.15) is 0 Å². The van der Waals surface area contributed by atoms with Crippen LogP contribution in [0.3, 0.4) is 0 Å². The molecule has 0 bridgehead atoms. The fraction of sp³-hybridized carbons (Fsp3) is 0.909. The van der Waals surface area contributed by atoms with Gasteiger partial charge in [0, 0.05) is 35.8 Å². The highest BCUT2D eigenvalue weighted by Crippen LogP contribution is 2.42. The first-order chi connectivity index (χ1) is 7.58. The highest BCUT2D eigenvalue weighted by molar-refractivity contribution is 7.84. The molecule has 0 aromatic carbocycles. The van der Waals surface area contributed by atoms with Crippen molar-refractivity contribution in [1.82, 2.24) is 5.32 Å². The maximum Gasteiger partial charge on any atom is 0.220 e. The Morgan fingerprint density at radius 3 is 2.62 bits per heavy atom. The third-order valence-corrected chi connectivity index (χ3v) is 4.18. The van der Waals surface area contributed by atoms with Crippen molar-refractivity contribution in [3.63, 3.8) is 0 Å². The molecule has 0 spiro atoms. The van der Waals surface area contributed by atoms with Crippen molar-refractivity contribution in [2.75, 3.05) is 25.1 Å². The molecule has 0 aliphatic heterocycles. The molecule has 0 radical (unpaired) electrons. The van der Waals surface area contributed by atoms with Crippen LogP contribution in [0.5, 0.6) is 0 Å². The van der Waals surface area contributed by atoms with Crippen LogP contribution in [0, 0.1) is 5.41 Å². The molecule has 0 aromatic heterocycles. The quantitative estimate of drug-likeness (QED) is 0.638. The van der Waals surface area contributed by atoms with Gasteiger partial charge in [-0.3, -0.25) is 9.00 Å². The molecule has 5 heteroatoms. The highest BCUT2D eigenvalue weighted by Gasteiger charge is 2.37. The number of amides is 1. The van der Waals surface area contributed by atoms with Crippen LogP contribution in [0.15, 0.2) is 0 Å². The zero-order valence-corrected chi connectivity index (χ0v) is 10.8. The summed E-state index contributed by atoms with van der Waals surface area (Å²) in [5.41, 5.74) is 5.77. The number of nitrogens with one attached hydrogen (secondary N) is 1. The van der Waals surface area contributed by atoms with E-state index >= 15 is 0 Å². The van der Waals surface area contributed by atoms with Crippen molar-refractivity contribution in [3.05, 3.63) is 0 Å². The van der Waals surface area contributed by atoms with E-state index in [-0.39, 0.29) is 11.3 Å². The normalized spacial score (nSPS) is 19.9. The standard InChI is InChI=1S/C11H22N2O2S/c1-16(15)7-3-6-13-10(14)8-11(9-12)4-2-5-11/h2-9,12H2,1H3,(H,13,14). The summed E-state index contributed by atoms with van der Waals surface area (Å²) >= 11 is 0. The maximum absolute atomic E-state index is 11.6. The molecule has 1 aliphatic carbocycles. The van der Waals surface area contributed by atoms with Gasteiger partial charge in [0.25, 0.3) is 0 Å². The van der Waals surface area contributed by atoms with Crippen molar-refractivity contribution >= 4 is 16.7 Å². The molecular weight excluding hydrogens is 224 g/mol. The Balaban J connectivity index is 2.13. The molecule has 94 valence electrons. The average molecular weight is 246 g/mol. The van der Waals surface area contributed by atoms with E-state index < -0.39 is 10.8 Å². The fourth-order valence-electron chi connectivity index (χ4n) is 2.04. The van der Waals surface area contributed by atoms with Crippen LogP contribution in [0.4, 0.5) is 0 Å². The Bertz CT molecular complexity index is 259. The van der Waals surface area contributed by atoms with Crippen LogP contribution in [0.25, 0.3) is 0 Å². The summed E-state index contributed by atoms with van der Waals surface area (Å²) in [5.74, 6) is 0.745. The van der Waals surface area contributed by atoms with E-state index in [1.807, 2.05) is 0 Å². The van der Waals surface area contributed by atoms with Crippen LogP contribution in [0.1, 0.15) is 32.1 Å². The summed E-state index contributed by atoms with van der Waals surface area (Å²) in [6.07, 6.45) is 6.37. The first kappa shape index (κ1) is 13.6. The Hall–Kier alpha value is -0.420. The van der Waals surface area contributed by atoms with Crippen molar-refractivity contribution in [2.45, 2.75) is 32.1 Å². The monoisotopic (exact) mass is 246 g/mol. The molecule has 1 saturated carbocycles. The van der Waals surface area contributed by atoms with Crippen LogP contribution >= 0.6 is 0 Å². The Morgan fingerprint density at radius 1 is 1.50 bits per heavy atom. The number of carbonyl (C=O) groups is 1. The predicted octanol–water partition coefficient (Wildman–Crippen LogP) is 0.390. The molecule has 0 heterocycles. The molecule has 16 heavy (non-hydrogen) atoms. The Morgan fingerprint density at radius 2 is 2.19 bits per heavy atom. The highest BCUT2D eigenvalue weighted by atomic mass is 32.2. The molecule has 3 N–H and O–H groups in total. The minimum absolute atomic E-state index is 0.0810. The SMILES string of the molecule is CS(=O)CCCNC(=O)CC1(CN)CCC1. The Kier molecular flexibility index (Phi) is 5.41. The lowest BCUT2D eigenvalue weighted by Crippen LogP contribution is -2.42. The summed E-state index contributed by atoms with van der Waals surface area (Å²) in [5, 5.41) is 2.87. The van der Waals surface area contributed by atoms with Gasteiger partial charge in [-0.15, -0.1) is 0 Å². The van der Waals surface area contributed by atoms with Gasteiger partial charge in [0.05, 0.1) is 0 Å². The molecule has 0 aromatic rings. The zero-order valence-electron chi connectivity index (χ0n) is 9.96. The lowest BCUT2D eigenvalue weighted by molar-refractivity contribution is -0.124. The molecular formula is C11H22N2O2S. The van der Waals surface area contributed by atoms with Crippen molar-refractivity contribution in [3.8, 4) is 0 Å². The van der Waals surface area contributed by atoms with Crippen molar-refractivity contribution in [1.29, 1.82) is 0 Å². The van der Waals surface area contributed by atoms with Crippen LogP contribution in [-0.4, -0.2) is 35.2 Å². The third kappa shape index (κ3) is 4.22. The van der Waals surface area contributed by atoms with Gasteiger partial charge < -0.3 is 11.1 Å². The van der Waals surface area contributed by atoms with Gasteiger partial charge in [-0.1, -0.05) is 6.42 Å². The summed E-state index contributed by atoms with van der Waals surface area (Å²) in [7, 11) is -0.763. The molecule has 1 rings (SSSR count). The van der Waals surface area contributed by atoms with Gasteiger partial charge in [-0.2, -0.15) is 0 Å². The molecule has 1 atom stereocenters. The largest absolute Gasteiger partial charge is 0.356 e. The molecule has 1 aliphatic rings. The number of nitrogens with two attached hydrogens (primary N) is 1. The minimum atomic E-state index is -0.763. The first-order valence-corrected chi connectivity index (χ1v) is 7.57. The average Bonchev–Trinajstić information content (AvgIpc) is 2.18. The molecule has 1 unspecified atom stereocenters. The van der Waals surface area contributed by atoms with Crippen molar-refractivity contribution in [2.24, 2.45) is 11.1 Å². The van der Waals surface area contributed by atoms with Crippen molar-refractivity contribution < 1.29 is 9.00 Å². The molecule has 1 fully saturated rings. The summed E-state index contributed by atoms with van der Waals surface area (Å²) in [6.45, 7) is 1.23. The van der Waals surface area contributed by atoms with Gasteiger partial charge in [-0.25, -0.2) is 0 Å². The number of rotatable bonds is 7. The molecule has 4 nitrogen and oxygen atoms in total.